The molecule has 1 heterocycles. The Morgan fingerprint density at radius 2 is 1.93 bits per heavy atom. The van der Waals surface area contributed by atoms with Gasteiger partial charge in [0.05, 0.1) is 13.2 Å². The molecular formula is C17H17F6N5O2. The number of benzene rings is 1. The summed E-state index contributed by atoms with van der Waals surface area (Å²) in [5.74, 6) is 3.56. The summed E-state index contributed by atoms with van der Waals surface area (Å²) in [5, 5.41) is 14.4. The highest BCUT2D eigenvalue weighted by molar-refractivity contribution is 5.53. The Kier molecular flexibility index (Phi) is 7.23. The second kappa shape index (κ2) is 9.28. The Morgan fingerprint density at radius 3 is 2.47 bits per heavy atom. The molecule has 1 aromatic carbocycles. The van der Waals surface area contributed by atoms with E-state index in [1.165, 1.54) is 0 Å². The van der Waals surface area contributed by atoms with Crippen molar-refractivity contribution < 1.29 is 36.2 Å². The van der Waals surface area contributed by atoms with Gasteiger partial charge in [-0.05, 0) is 23.8 Å². The van der Waals surface area contributed by atoms with Crippen molar-refractivity contribution in [3.8, 4) is 0 Å². The highest BCUT2D eigenvalue weighted by Crippen LogP contribution is 2.45. The highest BCUT2D eigenvalue weighted by atomic mass is 19.3. The minimum Gasteiger partial charge on any atom is -0.377 e. The number of pyridine rings is 1. The number of hydrazine groups is 1. The van der Waals surface area contributed by atoms with Crippen LogP contribution in [-0.4, -0.2) is 34.6 Å². The molecule has 13 heteroatoms. The molecular weight excluding hydrogens is 420 g/mol. The van der Waals surface area contributed by atoms with Crippen LogP contribution in [0.1, 0.15) is 16.8 Å². The van der Waals surface area contributed by atoms with Crippen molar-refractivity contribution in [2.75, 3.05) is 6.54 Å². The van der Waals surface area contributed by atoms with Crippen molar-refractivity contribution in [1.82, 2.24) is 9.99 Å². The van der Waals surface area contributed by atoms with Crippen LogP contribution in [-0.2, 0) is 22.9 Å². The molecule has 0 saturated heterocycles. The molecule has 1 aromatic heterocycles. The first-order valence-corrected chi connectivity index (χ1v) is 8.17. The maximum absolute atomic E-state index is 15.3. The van der Waals surface area contributed by atoms with E-state index in [0.29, 0.717) is 29.5 Å². The summed E-state index contributed by atoms with van der Waals surface area (Å²) in [6.45, 7) is -4.80. The Balaban J connectivity index is 2.50. The van der Waals surface area contributed by atoms with Gasteiger partial charge in [0.2, 0.25) is 0 Å². The Bertz CT molecular complexity index is 883. The fraction of sp³-hybridized carbons (Fsp3) is 0.294. The molecule has 0 aliphatic rings. The van der Waals surface area contributed by atoms with Crippen LogP contribution in [0, 0.1) is 11.6 Å². The number of alkyl halides is 4. The summed E-state index contributed by atoms with van der Waals surface area (Å²) >= 11 is 0. The van der Waals surface area contributed by atoms with E-state index in [1.54, 1.807) is 0 Å². The number of rotatable bonds is 9. The minimum atomic E-state index is -4.28. The van der Waals surface area contributed by atoms with Crippen LogP contribution in [0.3, 0.4) is 0 Å². The van der Waals surface area contributed by atoms with E-state index in [2.05, 4.69) is 14.8 Å². The van der Waals surface area contributed by atoms with Gasteiger partial charge in [-0.25, -0.2) is 14.6 Å². The molecule has 0 amide bonds. The lowest BCUT2D eigenvalue weighted by Crippen LogP contribution is -2.53. The third kappa shape index (κ3) is 4.98. The SMILES string of the molecule is N/N=C\N(N)CC(O)(c1ccc(F)cc1F)C(F)(F)c1ccc(COC(F)F)cn1. The second-order valence-electron chi connectivity index (χ2n) is 6.12. The predicted octanol–water partition coefficient (Wildman–Crippen LogP) is 2.16. The zero-order valence-corrected chi connectivity index (χ0v) is 15.2. The fourth-order valence-corrected chi connectivity index (χ4v) is 2.64. The van der Waals surface area contributed by atoms with E-state index in [0.717, 1.165) is 18.3 Å². The smallest absolute Gasteiger partial charge is 0.345 e. The molecule has 2 rings (SSSR count). The maximum Gasteiger partial charge on any atom is 0.345 e. The second-order valence-corrected chi connectivity index (χ2v) is 6.12. The van der Waals surface area contributed by atoms with Gasteiger partial charge in [-0.3, -0.25) is 9.99 Å². The van der Waals surface area contributed by atoms with Crippen LogP contribution >= 0.6 is 0 Å². The van der Waals surface area contributed by atoms with Crippen LogP contribution in [0.15, 0.2) is 41.6 Å². The van der Waals surface area contributed by atoms with Gasteiger partial charge in [-0.15, -0.1) is 0 Å². The molecule has 1 unspecified atom stereocenters. The first-order chi connectivity index (χ1) is 14.0. The summed E-state index contributed by atoms with van der Waals surface area (Å²) in [6.07, 6.45) is 1.52. The number of aromatic nitrogens is 1. The summed E-state index contributed by atoms with van der Waals surface area (Å²) in [6, 6.07) is 3.38. The van der Waals surface area contributed by atoms with Crippen molar-refractivity contribution in [2.45, 2.75) is 24.7 Å². The lowest BCUT2D eigenvalue weighted by Gasteiger charge is -2.37. The predicted molar refractivity (Wildman–Crippen MR) is 92.8 cm³/mol. The van der Waals surface area contributed by atoms with Gasteiger partial charge < -0.3 is 15.7 Å². The number of halogens is 6. The molecule has 164 valence electrons. The maximum atomic E-state index is 15.3. The van der Waals surface area contributed by atoms with Gasteiger partial charge in [-0.2, -0.15) is 22.7 Å². The molecule has 7 nitrogen and oxygen atoms in total. The molecule has 0 aliphatic heterocycles. The number of nitrogens with two attached hydrogens (primary N) is 2. The Hall–Kier alpha value is -2.90. The van der Waals surface area contributed by atoms with Gasteiger partial charge in [0.25, 0.3) is 0 Å². The molecule has 0 aliphatic carbocycles. The number of hydrogen-bond acceptors (Lipinski definition) is 6. The third-order valence-electron chi connectivity index (χ3n) is 4.04. The number of aliphatic hydroxyl groups is 1. The van der Waals surface area contributed by atoms with Gasteiger partial charge in [-0.1, -0.05) is 6.07 Å². The van der Waals surface area contributed by atoms with E-state index < -0.39 is 54.2 Å². The summed E-state index contributed by atoms with van der Waals surface area (Å²) in [5.41, 5.74) is -5.31. The standard InChI is InChI=1S/C17H17F6N5O2/c18-11-2-3-12(13(19)5-11)16(29,8-28(25)9-27-24)17(22,23)14-4-1-10(6-26-14)7-30-15(20)21/h1-6,9,15,29H,7-8,24-25H2/b27-9-. The Morgan fingerprint density at radius 1 is 1.23 bits per heavy atom. The molecule has 2 aromatic rings. The van der Waals surface area contributed by atoms with E-state index in [9.17, 15) is 22.7 Å². The molecule has 1 atom stereocenters. The number of ether oxygens (including phenoxy) is 1. The fourth-order valence-electron chi connectivity index (χ4n) is 2.64. The summed E-state index contributed by atoms with van der Waals surface area (Å²) in [4.78, 5) is 3.47. The number of hydrazone groups is 1. The van der Waals surface area contributed by atoms with E-state index in [-0.39, 0.29) is 5.56 Å². The average molecular weight is 437 g/mol. The zero-order valence-electron chi connectivity index (χ0n) is 15.2. The first kappa shape index (κ1) is 23.4. The summed E-state index contributed by atoms with van der Waals surface area (Å²) < 4.78 is 86.5. The first-order valence-electron chi connectivity index (χ1n) is 8.17. The third-order valence-corrected chi connectivity index (χ3v) is 4.04. The van der Waals surface area contributed by atoms with E-state index >= 15 is 8.78 Å². The molecule has 0 fully saturated rings. The average Bonchev–Trinajstić information content (AvgIpc) is 2.66. The van der Waals surface area contributed by atoms with Crippen LogP contribution in [0.2, 0.25) is 0 Å². The minimum absolute atomic E-state index is 0.0436. The van der Waals surface area contributed by atoms with Gasteiger partial charge in [0.15, 0.2) is 5.60 Å². The van der Waals surface area contributed by atoms with Crippen molar-refractivity contribution in [1.29, 1.82) is 0 Å². The van der Waals surface area contributed by atoms with Gasteiger partial charge >= 0.3 is 12.5 Å². The number of nitrogens with zero attached hydrogens (tertiary/aromatic N) is 3. The largest absolute Gasteiger partial charge is 0.377 e. The van der Waals surface area contributed by atoms with Crippen LogP contribution in [0.4, 0.5) is 26.3 Å². The van der Waals surface area contributed by atoms with Crippen LogP contribution in [0.5, 0.6) is 0 Å². The molecule has 30 heavy (non-hydrogen) atoms. The lowest BCUT2D eigenvalue weighted by molar-refractivity contribution is -0.203. The Labute approximate surface area is 166 Å². The lowest BCUT2D eigenvalue weighted by atomic mass is 9.84. The molecule has 5 N–H and O–H groups in total. The van der Waals surface area contributed by atoms with Crippen LogP contribution < -0.4 is 11.7 Å². The van der Waals surface area contributed by atoms with Crippen molar-refractivity contribution in [3.63, 3.8) is 0 Å². The normalized spacial score (nSPS) is 14.3. The quantitative estimate of drug-likeness (QED) is 0.182. The topological polar surface area (TPSA) is 110 Å². The number of hydrogen-bond donors (Lipinski definition) is 3. The van der Waals surface area contributed by atoms with Crippen molar-refractivity contribution in [2.24, 2.45) is 16.8 Å². The van der Waals surface area contributed by atoms with E-state index in [1.807, 2.05) is 0 Å². The van der Waals surface area contributed by atoms with E-state index in [4.69, 9.17) is 11.7 Å². The zero-order chi connectivity index (χ0) is 22.5. The summed E-state index contributed by atoms with van der Waals surface area (Å²) in [7, 11) is 0. The van der Waals surface area contributed by atoms with Crippen LogP contribution in [0.25, 0.3) is 0 Å². The highest BCUT2D eigenvalue weighted by Gasteiger charge is 2.58. The molecule has 0 bridgehead atoms. The van der Waals surface area contributed by atoms with Gasteiger partial charge in [0.1, 0.15) is 23.7 Å². The molecule has 0 radical (unpaired) electrons. The molecule has 0 saturated carbocycles. The van der Waals surface area contributed by atoms with Gasteiger partial charge in [0, 0.05) is 17.8 Å². The van der Waals surface area contributed by atoms with Crippen molar-refractivity contribution in [3.05, 3.63) is 65.0 Å². The molecule has 0 spiro atoms. The monoisotopic (exact) mass is 437 g/mol. The van der Waals surface area contributed by atoms with Crippen molar-refractivity contribution >= 4 is 6.34 Å².